The molecule has 0 spiro atoms. The molecule has 0 bridgehead atoms. The van der Waals surface area contributed by atoms with Gasteiger partial charge in [0.1, 0.15) is 0 Å². The van der Waals surface area contributed by atoms with Crippen LogP contribution >= 0.6 is 15.9 Å². The summed E-state index contributed by atoms with van der Waals surface area (Å²) in [6.45, 7) is 3.92. The van der Waals surface area contributed by atoms with Gasteiger partial charge >= 0.3 is 0 Å². The van der Waals surface area contributed by atoms with Gasteiger partial charge in [-0.05, 0) is 43.7 Å². The van der Waals surface area contributed by atoms with Crippen LogP contribution < -0.4 is 16.6 Å². The van der Waals surface area contributed by atoms with Crippen LogP contribution in [0.1, 0.15) is 21.5 Å². The summed E-state index contributed by atoms with van der Waals surface area (Å²) in [5, 5.41) is 2.86. The third-order valence-corrected chi connectivity index (χ3v) is 3.86. The first kappa shape index (κ1) is 14.6. The average Bonchev–Trinajstić information content (AvgIpc) is 2.43. The summed E-state index contributed by atoms with van der Waals surface area (Å²) in [5.41, 5.74) is 6.50. The lowest BCUT2D eigenvalue weighted by Crippen LogP contribution is -2.17. The topological polar surface area (TPSA) is 67.1 Å². The van der Waals surface area contributed by atoms with Gasteiger partial charge in [0, 0.05) is 10.2 Å². The van der Waals surface area contributed by atoms with Crippen LogP contribution in [0.4, 0.5) is 11.4 Å². The minimum atomic E-state index is -0.197. The van der Waals surface area contributed by atoms with Gasteiger partial charge in [-0.1, -0.05) is 33.6 Å². The average molecular weight is 334 g/mol. The molecule has 2 rings (SSSR count). The van der Waals surface area contributed by atoms with E-state index in [1.165, 1.54) is 0 Å². The van der Waals surface area contributed by atoms with Crippen LogP contribution in [0.5, 0.6) is 0 Å². The molecule has 0 unspecified atom stereocenters. The lowest BCUT2D eigenvalue weighted by molar-refractivity contribution is 0.102. The van der Waals surface area contributed by atoms with E-state index in [1.807, 2.05) is 38.1 Å². The highest BCUT2D eigenvalue weighted by atomic mass is 79.9. The summed E-state index contributed by atoms with van der Waals surface area (Å²) in [5.74, 6) is 5.24. The molecule has 1 amide bonds. The smallest absolute Gasteiger partial charge is 0.257 e. The van der Waals surface area contributed by atoms with Gasteiger partial charge in [-0.15, -0.1) is 0 Å². The Morgan fingerprint density at radius 1 is 1.15 bits per heavy atom. The fourth-order valence-corrected chi connectivity index (χ4v) is 2.22. The van der Waals surface area contributed by atoms with Crippen LogP contribution in [0, 0.1) is 13.8 Å². The van der Waals surface area contributed by atoms with E-state index in [4.69, 9.17) is 5.84 Å². The largest absolute Gasteiger partial charge is 0.323 e. The molecule has 0 atom stereocenters. The Bertz CT molecular complexity index is 656. The van der Waals surface area contributed by atoms with Crippen molar-refractivity contribution in [3.63, 3.8) is 0 Å². The molecule has 0 aliphatic heterocycles. The number of amides is 1. The fraction of sp³-hybridized carbons (Fsp3) is 0.133. The zero-order valence-electron chi connectivity index (χ0n) is 11.3. The number of hydrogen-bond donors (Lipinski definition) is 3. The van der Waals surface area contributed by atoms with E-state index < -0.39 is 0 Å². The molecule has 20 heavy (non-hydrogen) atoms. The van der Waals surface area contributed by atoms with Gasteiger partial charge in [-0.3, -0.25) is 10.6 Å². The van der Waals surface area contributed by atoms with Gasteiger partial charge in [-0.25, -0.2) is 0 Å². The number of nitrogens with two attached hydrogens (primary N) is 1. The van der Waals surface area contributed by atoms with E-state index in [0.717, 1.165) is 21.3 Å². The maximum atomic E-state index is 12.3. The molecular weight excluding hydrogens is 318 g/mol. The Morgan fingerprint density at radius 3 is 2.55 bits per heavy atom. The Balaban J connectivity index is 2.27. The first-order valence-electron chi connectivity index (χ1n) is 6.16. The zero-order chi connectivity index (χ0) is 14.7. The van der Waals surface area contributed by atoms with Gasteiger partial charge in [-0.2, -0.15) is 0 Å². The van der Waals surface area contributed by atoms with Crippen molar-refractivity contribution in [2.45, 2.75) is 13.8 Å². The number of rotatable bonds is 3. The molecule has 0 saturated heterocycles. The summed E-state index contributed by atoms with van der Waals surface area (Å²) in [7, 11) is 0. The summed E-state index contributed by atoms with van der Waals surface area (Å²) >= 11 is 3.45. The second kappa shape index (κ2) is 6.07. The number of carbonyl (C=O) groups excluding carboxylic acids is 1. The first-order chi connectivity index (χ1) is 9.51. The second-order valence-electron chi connectivity index (χ2n) is 4.61. The Morgan fingerprint density at radius 2 is 1.90 bits per heavy atom. The van der Waals surface area contributed by atoms with E-state index >= 15 is 0 Å². The molecule has 5 heteroatoms. The summed E-state index contributed by atoms with van der Waals surface area (Å²) in [6, 6.07) is 11.2. The van der Waals surface area contributed by atoms with Crippen LogP contribution in [0.2, 0.25) is 0 Å². The van der Waals surface area contributed by atoms with Gasteiger partial charge in [0.25, 0.3) is 5.91 Å². The maximum absolute atomic E-state index is 12.3. The molecule has 104 valence electrons. The minimum Gasteiger partial charge on any atom is -0.323 e. The number of anilines is 2. The zero-order valence-corrected chi connectivity index (χ0v) is 12.9. The van der Waals surface area contributed by atoms with Crippen molar-refractivity contribution >= 4 is 33.2 Å². The maximum Gasteiger partial charge on any atom is 0.257 e. The molecule has 0 aliphatic rings. The van der Waals surface area contributed by atoms with Crippen LogP contribution in [0.15, 0.2) is 40.9 Å². The van der Waals surface area contributed by atoms with Crippen LogP contribution in [-0.2, 0) is 0 Å². The van der Waals surface area contributed by atoms with Crippen molar-refractivity contribution in [2.75, 3.05) is 10.7 Å². The number of hydrazine groups is 1. The monoisotopic (exact) mass is 333 g/mol. The second-order valence-corrected chi connectivity index (χ2v) is 5.47. The molecule has 0 radical (unpaired) electrons. The third kappa shape index (κ3) is 3.18. The lowest BCUT2D eigenvalue weighted by atomic mass is 10.1. The molecule has 0 heterocycles. The van der Waals surface area contributed by atoms with Crippen LogP contribution in [0.3, 0.4) is 0 Å². The molecule has 2 aromatic rings. The summed E-state index contributed by atoms with van der Waals surface area (Å²) in [4.78, 5) is 12.3. The molecule has 4 nitrogen and oxygen atoms in total. The predicted octanol–water partition coefficient (Wildman–Crippen LogP) is 3.60. The molecule has 2 aromatic carbocycles. The number of benzene rings is 2. The van der Waals surface area contributed by atoms with E-state index in [9.17, 15) is 4.79 Å². The number of carbonyl (C=O) groups is 1. The van der Waals surface area contributed by atoms with Gasteiger partial charge in [0.2, 0.25) is 0 Å². The van der Waals surface area contributed by atoms with Gasteiger partial charge in [0.05, 0.1) is 11.3 Å². The number of nitrogens with one attached hydrogen (secondary N) is 2. The van der Waals surface area contributed by atoms with Crippen LogP contribution in [0.25, 0.3) is 0 Å². The van der Waals surface area contributed by atoms with Crippen molar-refractivity contribution in [1.82, 2.24) is 0 Å². The number of aryl methyl sites for hydroxylation is 2. The van der Waals surface area contributed by atoms with Crippen LogP contribution in [-0.4, -0.2) is 5.91 Å². The molecular formula is C15H16BrN3O. The fourth-order valence-electron chi connectivity index (χ4n) is 1.84. The SMILES string of the molecule is Cc1ccc(NN)c(C(=O)Nc2ccc(C)c(Br)c2)c1. The van der Waals surface area contributed by atoms with Gasteiger partial charge < -0.3 is 10.7 Å². The van der Waals surface area contributed by atoms with Crippen molar-refractivity contribution in [2.24, 2.45) is 5.84 Å². The van der Waals surface area contributed by atoms with Crippen molar-refractivity contribution < 1.29 is 4.79 Å². The van der Waals surface area contributed by atoms with E-state index in [-0.39, 0.29) is 5.91 Å². The Hall–Kier alpha value is -1.85. The summed E-state index contributed by atoms with van der Waals surface area (Å²) in [6.07, 6.45) is 0. The lowest BCUT2D eigenvalue weighted by Gasteiger charge is -2.11. The third-order valence-electron chi connectivity index (χ3n) is 3.00. The van der Waals surface area contributed by atoms with E-state index in [1.54, 1.807) is 12.1 Å². The van der Waals surface area contributed by atoms with E-state index in [2.05, 4.69) is 26.7 Å². The standard InChI is InChI=1S/C15H16BrN3O/c1-9-3-6-14(19-17)12(7-9)15(20)18-11-5-4-10(2)13(16)8-11/h3-8,19H,17H2,1-2H3,(H,18,20). The molecule has 0 aliphatic carbocycles. The minimum absolute atomic E-state index is 0.197. The van der Waals surface area contributed by atoms with Gasteiger partial charge in [0.15, 0.2) is 0 Å². The van der Waals surface area contributed by atoms with E-state index in [0.29, 0.717) is 11.3 Å². The number of nitrogen functional groups attached to an aromatic ring is 1. The molecule has 4 N–H and O–H groups in total. The number of hydrogen-bond acceptors (Lipinski definition) is 3. The first-order valence-corrected chi connectivity index (χ1v) is 6.95. The molecule has 0 saturated carbocycles. The Kier molecular flexibility index (Phi) is 4.42. The van der Waals surface area contributed by atoms with Crippen molar-refractivity contribution in [3.8, 4) is 0 Å². The predicted molar refractivity (Wildman–Crippen MR) is 85.8 cm³/mol. The highest BCUT2D eigenvalue weighted by Gasteiger charge is 2.12. The number of halogens is 1. The Labute approximate surface area is 126 Å². The normalized spacial score (nSPS) is 10.2. The molecule has 0 aromatic heterocycles. The van der Waals surface area contributed by atoms with Crippen molar-refractivity contribution in [3.05, 3.63) is 57.6 Å². The quantitative estimate of drug-likeness (QED) is 0.593. The summed E-state index contributed by atoms with van der Waals surface area (Å²) < 4.78 is 0.955. The molecule has 0 fully saturated rings. The van der Waals surface area contributed by atoms with Crippen molar-refractivity contribution in [1.29, 1.82) is 0 Å². The highest BCUT2D eigenvalue weighted by Crippen LogP contribution is 2.22. The highest BCUT2D eigenvalue weighted by molar-refractivity contribution is 9.10.